The third-order valence-electron chi connectivity index (χ3n) is 6.23. The molecular weight excluding hydrogens is 366 g/mol. The van der Waals surface area contributed by atoms with E-state index in [2.05, 4.69) is 0 Å². The van der Waals surface area contributed by atoms with Crippen molar-refractivity contribution in [3.8, 4) is 0 Å². The second kappa shape index (κ2) is 5.87. The topological polar surface area (TPSA) is 80.8 Å². The lowest BCUT2D eigenvalue weighted by atomic mass is 9.90. The van der Waals surface area contributed by atoms with Gasteiger partial charge in [-0.05, 0) is 54.5 Å². The average molecular weight is 385 g/mol. The van der Waals surface area contributed by atoms with Crippen LogP contribution in [0.4, 0.5) is 0 Å². The van der Waals surface area contributed by atoms with Gasteiger partial charge in [0, 0.05) is 5.39 Å². The van der Waals surface area contributed by atoms with E-state index in [1.165, 1.54) is 6.42 Å². The predicted molar refractivity (Wildman–Crippen MR) is 98.3 cm³/mol. The molecule has 5 rings (SSSR count). The van der Waals surface area contributed by atoms with E-state index in [1.54, 1.807) is 24.3 Å². The normalized spacial score (nSPS) is 27.0. The number of carbonyl (C=O) groups is 2. The van der Waals surface area contributed by atoms with Crippen LogP contribution in [0.5, 0.6) is 0 Å². The van der Waals surface area contributed by atoms with Gasteiger partial charge >= 0.3 is 0 Å². The zero-order valence-electron chi connectivity index (χ0n) is 14.6. The lowest BCUT2D eigenvalue weighted by molar-refractivity contribution is -0.0158. The van der Waals surface area contributed by atoms with Gasteiger partial charge in [0.1, 0.15) is 0 Å². The van der Waals surface area contributed by atoms with Crippen LogP contribution in [0.15, 0.2) is 36.4 Å². The smallest absolute Gasteiger partial charge is 0.266 e. The molecule has 2 aliphatic carbocycles. The monoisotopic (exact) mass is 385 g/mol. The van der Waals surface area contributed by atoms with Gasteiger partial charge in [-0.25, -0.2) is 0 Å². The number of nitrogens with zero attached hydrogens (tertiary/aromatic N) is 1. The number of benzene rings is 2. The van der Waals surface area contributed by atoms with E-state index in [0.29, 0.717) is 22.3 Å². The van der Waals surface area contributed by atoms with Crippen molar-refractivity contribution in [1.29, 1.82) is 0 Å². The van der Waals surface area contributed by atoms with E-state index < -0.39 is 21.9 Å². The number of rotatable bonds is 4. The summed E-state index contributed by atoms with van der Waals surface area (Å²) in [6.07, 6.45) is 4.20. The molecule has 0 radical (unpaired) electrons. The molecule has 3 atom stereocenters. The molecule has 27 heavy (non-hydrogen) atoms. The van der Waals surface area contributed by atoms with Crippen LogP contribution in [0.25, 0.3) is 10.8 Å². The van der Waals surface area contributed by atoms with Gasteiger partial charge in [-0.3, -0.25) is 9.59 Å². The van der Waals surface area contributed by atoms with E-state index in [-0.39, 0.29) is 22.8 Å². The molecule has 3 aliphatic rings. The molecule has 2 bridgehead atoms. The second-order valence-corrected chi connectivity index (χ2v) is 9.45. The van der Waals surface area contributed by atoms with Gasteiger partial charge in [-0.15, -0.1) is 9.35 Å². The SMILES string of the molecule is O=C1c2cccc3cccc(c23)C(=O)N1OS(=O)(=O)CC1CC2CCC1C2. The van der Waals surface area contributed by atoms with Crippen molar-refractivity contribution < 1.29 is 22.3 Å². The number of hydrogen-bond acceptors (Lipinski definition) is 5. The minimum Gasteiger partial charge on any atom is -0.266 e. The maximum Gasteiger partial charge on any atom is 0.288 e. The summed E-state index contributed by atoms with van der Waals surface area (Å²) in [5, 5.41) is 1.72. The Morgan fingerprint density at radius 2 is 1.63 bits per heavy atom. The summed E-state index contributed by atoms with van der Waals surface area (Å²) in [5.74, 6) is -0.536. The zero-order chi connectivity index (χ0) is 18.8. The third kappa shape index (κ3) is 2.68. The molecule has 0 aromatic heterocycles. The molecule has 2 aromatic carbocycles. The van der Waals surface area contributed by atoms with Crippen LogP contribution in [0, 0.1) is 17.8 Å². The van der Waals surface area contributed by atoms with Crippen LogP contribution >= 0.6 is 0 Å². The van der Waals surface area contributed by atoms with Gasteiger partial charge in [0.15, 0.2) is 0 Å². The van der Waals surface area contributed by atoms with Crippen molar-refractivity contribution in [1.82, 2.24) is 5.06 Å². The Kier molecular flexibility index (Phi) is 3.67. The first-order valence-corrected chi connectivity index (χ1v) is 10.8. The molecule has 0 saturated heterocycles. The average Bonchev–Trinajstić information content (AvgIpc) is 3.25. The number of fused-ring (bicyclic) bond motifs is 2. The second-order valence-electron chi connectivity index (χ2n) is 7.85. The van der Waals surface area contributed by atoms with Crippen LogP contribution in [0.3, 0.4) is 0 Å². The van der Waals surface area contributed by atoms with Crippen molar-refractivity contribution in [2.45, 2.75) is 25.7 Å². The fourth-order valence-corrected chi connectivity index (χ4v) is 6.42. The molecule has 6 nitrogen and oxygen atoms in total. The largest absolute Gasteiger partial charge is 0.288 e. The minimum absolute atomic E-state index is 0.0551. The fraction of sp³-hybridized carbons (Fsp3) is 0.400. The van der Waals surface area contributed by atoms with Gasteiger partial charge in [-0.1, -0.05) is 30.7 Å². The number of hydroxylamine groups is 2. The number of carbonyl (C=O) groups excluding carboxylic acids is 2. The minimum atomic E-state index is -4.04. The summed E-state index contributed by atoms with van der Waals surface area (Å²) >= 11 is 0. The van der Waals surface area contributed by atoms with E-state index in [4.69, 9.17) is 4.28 Å². The molecule has 0 spiro atoms. The highest BCUT2D eigenvalue weighted by molar-refractivity contribution is 7.86. The van der Waals surface area contributed by atoms with E-state index in [0.717, 1.165) is 24.6 Å². The summed E-state index contributed by atoms with van der Waals surface area (Å²) in [7, 11) is -4.04. The highest BCUT2D eigenvalue weighted by Crippen LogP contribution is 2.48. The molecule has 7 heteroatoms. The molecule has 0 N–H and O–H groups in total. The molecule has 2 aromatic rings. The van der Waals surface area contributed by atoms with Crippen LogP contribution in [0.1, 0.15) is 46.4 Å². The Balaban J connectivity index is 1.44. The summed E-state index contributed by atoms with van der Waals surface area (Å²) in [6.45, 7) is 0. The maximum absolute atomic E-state index is 12.8. The predicted octanol–water partition coefficient (Wildman–Crippen LogP) is 3.13. The van der Waals surface area contributed by atoms with Crippen LogP contribution in [-0.4, -0.2) is 31.0 Å². The quantitative estimate of drug-likeness (QED) is 0.756. The Morgan fingerprint density at radius 1 is 0.963 bits per heavy atom. The van der Waals surface area contributed by atoms with E-state index in [9.17, 15) is 18.0 Å². The van der Waals surface area contributed by atoms with E-state index in [1.807, 2.05) is 12.1 Å². The summed E-state index contributed by atoms with van der Waals surface area (Å²) in [5.41, 5.74) is 0.552. The molecule has 1 heterocycles. The third-order valence-corrected chi connectivity index (χ3v) is 7.44. The molecular formula is C20H19NO5S. The number of imide groups is 1. The highest BCUT2D eigenvalue weighted by atomic mass is 32.2. The number of hydrogen-bond donors (Lipinski definition) is 0. The standard InChI is InChI=1S/C20H19NO5S/c22-19-16-5-1-3-13-4-2-6-17(18(13)16)20(23)21(19)26-27(24,25)11-15-10-12-7-8-14(15)9-12/h1-6,12,14-15H,7-11H2. The molecule has 2 amide bonds. The Labute approximate surface area is 157 Å². The van der Waals surface area contributed by atoms with Gasteiger partial charge in [0.05, 0.1) is 16.9 Å². The van der Waals surface area contributed by atoms with Crippen molar-refractivity contribution >= 4 is 32.7 Å². The van der Waals surface area contributed by atoms with Crippen molar-refractivity contribution in [2.75, 3.05) is 5.75 Å². The molecule has 2 saturated carbocycles. The van der Waals surface area contributed by atoms with Crippen molar-refractivity contribution in [3.05, 3.63) is 47.5 Å². The lowest BCUT2D eigenvalue weighted by Gasteiger charge is -2.26. The summed E-state index contributed by atoms with van der Waals surface area (Å²) in [6, 6.07) is 10.2. The number of amides is 2. The highest BCUT2D eigenvalue weighted by Gasteiger charge is 2.43. The first kappa shape index (κ1) is 16.9. The lowest BCUT2D eigenvalue weighted by Crippen LogP contribution is -2.42. The summed E-state index contributed by atoms with van der Waals surface area (Å²) in [4.78, 5) is 25.5. The fourth-order valence-electron chi connectivity index (χ4n) is 5.06. The van der Waals surface area contributed by atoms with Crippen molar-refractivity contribution in [3.63, 3.8) is 0 Å². The van der Waals surface area contributed by atoms with Crippen LogP contribution in [-0.2, 0) is 14.4 Å². The maximum atomic E-state index is 12.8. The van der Waals surface area contributed by atoms with Crippen LogP contribution < -0.4 is 0 Å². The van der Waals surface area contributed by atoms with E-state index >= 15 is 0 Å². The van der Waals surface area contributed by atoms with Gasteiger partial charge < -0.3 is 0 Å². The van der Waals surface area contributed by atoms with Crippen molar-refractivity contribution in [2.24, 2.45) is 17.8 Å². The molecule has 140 valence electrons. The zero-order valence-corrected chi connectivity index (χ0v) is 15.4. The molecule has 3 unspecified atom stereocenters. The Bertz CT molecular complexity index is 1030. The molecule has 2 fully saturated rings. The molecule has 1 aliphatic heterocycles. The first-order chi connectivity index (χ1) is 12.9. The summed E-state index contributed by atoms with van der Waals surface area (Å²) < 4.78 is 30.3. The Hall–Kier alpha value is -2.25. The van der Waals surface area contributed by atoms with Gasteiger partial charge in [0.25, 0.3) is 21.9 Å². The van der Waals surface area contributed by atoms with Gasteiger partial charge in [0.2, 0.25) is 0 Å². The van der Waals surface area contributed by atoms with Crippen LogP contribution in [0.2, 0.25) is 0 Å². The Morgan fingerprint density at radius 3 is 2.19 bits per heavy atom. The first-order valence-electron chi connectivity index (χ1n) is 9.26. The van der Waals surface area contributed by atoms with Gasteiger partial charge in [-0.2, -0.15) is 8.42 Å².